The van der Waals surface area contributed by atoms with Gasteiger partial charge in [-0.3, -0.25) is 19.3 Å². The fourth-order valence-corrected chi connectivity index (χ4v) is 5.72. The predicted molar refractivity (Wildman–Crippen MR) is 147 cm³/mol. The van der Waals surface area contributed by atoms with Crippen LogP contribution in [0.15, 0.2) is 71.3 Å². The van der Waals surface area contributed by atoms with E-state index in [1.165, 1.54) is 9.78 Å². The van der Waals surface area contributed by atoms with Crippen molar-refractivity contribution < 1.29 is 24.2 Å². The molecule has 0 radical (unpaired) electrons. The number of anilines is 1. The van der Waals surface area contributed by atoms with Gasteiger partial charge in [-0.05, 0) is 53.3 Å². The highest BCUT2D eigenvalue weighted by Gasteiger charge is 2.46. The molecule has 38 heavy (non-hydrogen) atoms. The monoisotopic (exact) mass is 530 g/mol. The van der Waals surface area contributed by atoms with Crippen LogP contribution < -0.4 is 4.90 Å². The Kier molecular flexibility index (Phi) is 7.19. The molecule has 0 aliphatic carbocycles. The van der Waals surface area contributed by atoms with Crippen molar-refractivity contribution in [3.8, 4) is 11.1 Å². The Bertz CT molecular complexity index is 1420. The molecule has 2 aliphatic rings. The molecule has 2 aromatic carbocycles. The Balaban J connectivity index is 1.61. The summed E-state index contributed by atoms with van der Waals surface area (Å²) in [5.41, 5.74) is 3.53. The summed E-state index contributed by atoms with van der Waals surface area (Å²) in [6.45, 7) is 7.34. The quantitative estimate of drug-likeness (QED) is 0.466. The number of aliphatic hydroxyl groups is 1. The van der Waals surface area contributed by atoms with Crippen molar-refractivity contribution in [2.45, 2.75) is 26.8 Å². The lowest BCUT2D eigenvalue weighted by Crippen LogP contribution is -2.41. The van der Waals surface area contributed by atoms with E-state index in [0.29, 0.717) is 43.1 Å². The van der Waals surface area contributed by atoms with Crippen molar-refractivity contribution in [3.63, 3.8) is 0 Å². The Hall–Kier alpha value is -3.75. The number of hydrogen-bond acceptors (Lipinski definition) is 6. The molecule has 1 atom stereocenters. The Morgan fingerprint density at radius 1 is 1.03 bits per heavy atom. The van der Waals surface area contributed by atoms with Crippen LogP contribution >= 0.6 is 11.3 Å². The summed E-state index contributed by atoms with van der Waals surface area (Å²) in [6, 6.07) is 15.7. The molecule has 2 amide bonds. The molecule has 3 aromatic rings. The second-order valence-corrected chi connectivity index (χ2v) is 11.0. The van der Waals surface area contributed by atoms with Crippen molar-refractivity contribution in [1.82, 2.24) is 4.90 Å². The Morgan fingerprint density at radius 3 is 2.34 bits per heavy atom. The molecule has 8 heteroatoms. The maximum absolute atomic E-state index is 13.6. The van der Waals surface area contributed by atoms with Crippen LogP contribution in [0.2, 0.25) is 0 Å². The van der Waals surface area contributed by atoms with E-state index in [-0.39, 0.29) is 17.3 Å². The molecule has 0 spiro atoms. The third-order valence-corrected chi connectivity index (χ3v) is 7.85. The molecular formula is C30H30N2O5S. The minimum atomic E-state index is -0.937. The fourth-order valence-electron chi connectivity index (χ4n) is 5.00. The van der Waals surface area contributed by atoms with E-state index in [4.69, 9.17) is 4.74 Å². The minimum absolute atomic E-state index is 0.0183. The zero-order valence-electron chi connectivity index (χ0n) is 21.6. The first kappa shape index (κ1) is 25.9. The normalized spacial score (nSPS) is 18.0. The molecule has 7 nitrogen and oxygen atoms in total. The van der Waals surface area contributed by atoms with Gasteiger partial charge in [-0.2, -0.15) is 0 Å². The summed E-state index contributed by atoms with van der Waals surface area (Å²) in [6.07, 6.45) is 0. The maximum atomic E-state index is 13.6. The lowest BCUT2D eigenvalue weighted by atomic mass is 9.88. The standard InChI is InChI=1S/C30H30N2O5S/c1-18(2)27(33)25-26(23-6-4-5-7-24(23)29(35)31-12-14-37-15-13-31)32(30(36)28(25)34)22-10-8-20(9-11-22)21-16-19(3)38-17-21/h4-11,16-18,26,34H,12-15H2,1-3H3. The summed E-state index contributed by atoms with van der Waals surface area (Å²) in [5.74, 6) is -2.20. The van der Waals surface area contributed by atoms with Gasteiger partial charge in [-0.1, -0.05) is 44.2 Å². The van der Waals surface area contributed by atoms with Crippen LogP contribution in [0.25, 0.3) is 11.1 Å². The zero-order valence-corrected chi connectivity index (χ0v) is 22.5. The topological polar surface area (TPSA) is 87.2 Å². The lowest BCUT2D eigenvalue weighted by molar-refractivity contribution is -0.119. The van der Waals surface area contributed by atoms with E-state index in [1.807, 2.05) is 31.2 Å². The molecular weight excluding hydrogens is 500 g/mol. The average molecular weight is 531 g/mol. The van der Waals surface area contributed by atoms with Crippen LogP contribution in [-0.4, -0.2) is 53.9 Å². The molecule has 1 saturated heterocycles. The summed E-state index contributed by atoms with van der Waals surface area (Å²) < 4.78 is 5.41. The summed E-state index contributed by atoms with van der Waals surface area (Å²) >= 11 is 1.66. The number of carbonyl (C=O) groups is 3. The predicted octanol–water partition coefficient (Wildman–Crippen LogP) is 5.32. The zero-order chi connectivity index (χ0) is 27.0. The minimum Gasteiger partial charge on any atom is -0.503 e. The van der Waals surface area contributed by atoms with Crippen LogP contribution in [0.1, 0.15) is 40.7 Å². The highest BCUT2D eigenvalue weighted by atomic mass is 32.1. The van der Waals surface area contributed by atoms with Gasteiger partial charge in [0.1, 0.15) is 0 Å². The summed E-state index contributed by atoms with van der Waals surface area (Å²) in [4.78, 5) is 44.9. The van der Waals surface area contributed by atoms with Gasteiger partial charge < -0.3 is 14.7 Å². The number of thiophene rings is 1. The molecule has 5 rings (SSSR count). The fraction of sp³-hybridized carbons (Fsp3) is 0.300. The summed E-state index contributed by atoms with van der Waals surface area (Å²) in [7, 11) is 0. The molecule has 1 unspecified atom stereocenters. The maximum Gasteiger partial charge on any atom is 0.294 e. The SMILES string of the molecule is Cc1cc(-c2ccc(N3C(=O)C(O)=C(C(=O)C(C)C)C3c3ccccc3C(=O)N3CCOCC3)cc2)cs1. The van der Waals surface area contributed by atoms with E-state index in [1.54, 1.807) is 54.3 Å². The first-order valence-electron chi connectivity index (χ1n) is 12.7. The van der Waals surface area contributed by atoms with Gasteiger partial charge in [-0.25, -0.2) is 0 Å². The second-order valence-electron chi connectivity index (χ2n) is 9.84. The van der Waals surface area contributed by atoms with E-state index in [0.717, 1.165) is 11.1 Å². The molecule has 1 N–H and O–H groups in total. The third kappa shape index (κ3) is 4.66. The second kappa shape index (κ2) is 10.6. The van der Waals surface area contributed by atoms with Crippen LogP contribution in [0.3, 0.4) is 0 Å². The number of aryl methyl sites for hydroxylation is 1. The molecule has 0 saturated carbocycles. The van der Waals surface area contributed by atoms with Crippen LogP contribution in [0.4, 0.5) is 5.69 Å². The number of hydrogen-bond donors (Lipinski definition) is 1. The number of Topliss-reactive ketones (excluding diaryl/α,β-unsaturated/α-hetero) is 1. The molecule has 1 fully saturated rings. The number of benzene rings is 2. The van der Waals surface area contributed by atoms with E-state index in [9.17, 15) is 19.5 Å². The Labute approximate surface area is 226 Å². The first-order chi connectivity index (χ1) is 18.3. The number of morpholine rings is 1. The molecule has 3 heterocycles. The highest BCUT2D eigenvalue weighted by molar-refractivity contribution is 7.10. The number of carbonyl (C=O) groups excluding carboxylic acids is 3. The summed E-state index contributed by atoms with van der Waals surface area (Å²) in [5, 5.41) is 13.1. The number of rotatable bonds is 6. The van der Waals surface area contributed by atoms with Crippen LogP contribution in [-0.2, 0) is 14.3 Å². The highest BCUT2D eigenvalue weighted by Crippen LogP contribution is 2.43. The van der Waals surface area contributed by atoms with Crippen molar-refractivity contribution >= 4 is 34.6 Å². The number of nitrogens with zero attached hydrogens (tertiary/aromatic N) is 2. The van der Waals surface area contributed by atoms with Gasteiger partial charge >= 0.3 is 0 Å². The van der Waals surface area contributed by atoms with Gasteiger partial charge in [0.05, 0.1) is 24.8 Å². The van der Waals surface area contributed by atoms with Crippen LogP contribution in [0.5, 0.6) is 0 Å². The van der Waals surface area contributed by atoms with Crippen molar-refractivity contribution in [1.29, 1.82) is 0 Å². The molecule has 1 aromatic heterocycles. The van der Waals surface area contributed by atoms with E-state index >= 15 is 0 Å². The largest absolute Gasteiger partial charge is 0.503 e. The molecule has 196 valence electrons. The number of ketones is 1. The van der Waals surface area contributed by atoms with Gasteiger partial charge in [0.25, 0.3) is 11.8 Å². The average Bonchev–Trinajstić information content (AvgIpc) is 3.49. The van der Waals surface area contributed by atoms with Gasteiger partial charge in [0, 0.05) is 35.1 Å². The van der Waals surface area contributed by atoms with E-state index in [2.05, 4.69) is 11.4 Å². The van der Waals surface area contributed by atoms with Crippen molar-refractivity contribution in [2.75, 3.05) is 31.2 Å². The number of aliphatic hydroxyl groups excluding tert-OH is 1. The third-order valence-electron chi connectivity index (χ3n) is 6.99. The van der Waals surface area contributed by atoms with E-state index < -0.39 is 23.6 Å². The first-order valence-corrected chi connectivity index (χ1v) is 13.6. The molecule has 0 bridgehead atoms. The van der Waals surface area contributed by atoms with Gasteiger partial charge in [-0.15, -0.1) is 11.3 Å². The van der Waals surface area contributed by atoms with Gasteiger partial charge in [0.2, 0.25) is 0 Å². The lowest BCUT2D eigenvalue weighted by Gasteiger charge is -2.31. The number of ether oxygens (including phenoxy) is 1. The van der Waals surface area contributed by atoms with Crippen molar-refractivity contribution in [2.24, 2.45) is 5.92 Å². The van der Waals surface area contributed by atoms with Crippen LogP contribution in [0, 0.1) is 12.8 Å². The smallest absolute Gasteiger partial charge is 0.294 e. The Morgan fingerprint density at radius 2 is 1.71 bits per heavy atom. The van der Waals surface area contributed by atoms with Gasteiger partial charge in [0.15, 0.2) is 11.5 Å². The number of amides is 2. The van der Waals surface area contributed by atoms with Crippen molar-refractivity contribution in [3.05, 3.63) is 87.3 Å². The molecule has 2 aliphatic heterocycles.